The van der Waals surface area contributed by atoms with E-state index in [1.165, 1.54) is 18.1 Å². The fourth-order valence-corrected chi connectivity index (χ4v) is 2.46. The van der Waals surface area contributed by atoms with Crippen molar-refractivity contribution in [3.05, 3.63) is 84.5 Å². The summed E-state index contributed by atoms with van der Waals surface area (Å²) in [5, 5.41) is 0. The van der Waals surface area contributed by atoms with Crippen molar-refractivity contribution >= 4 is 18.0 Å². The molecule has 0 bridgehead atoms. The molecule has 0 fully saturated rings. The van der Waals surface area contributed by atoms with Gasteiger partial charge in [0.2, 0.25) is 5.91 Å². The second kappa shape index (κ2) is 11.4. The molecule has 1 amide bonds. The van der Waals surface area contributed by atoms with Crippen LogP contribution in [0.5, 0.6) is 5.75 Å². The minimum Gasteiger partial charge on any atom is -0.489 e. The summed E-state index contributed by atoms with van der Waals surface area (Å²) in [6.45, 7) is 4.81. The number of carbonyl (C=O) groups is 2. The third-order valence-corrected chi connectivity index (χ3v) is 4.02. The molecule has 28 heavy (non-hydrogen) atoms. The van der Waals surface area contributed by atoms with Crippen LogP contribution >= 0.6 is 0 Å². The van der Waals surface area contributed by atoms with Gasteiger partial charge < -0.3 is 14.4 Å². The van der Waals surface area contributed by atoms with Gasteiger partial charge in [-0.3, -0.25) is 9.59 Å². The van der Waals surface area contributed by atoms with Crippen LogP contribution in [0.4, 0.5) is 0 Å². The summed E-state index contributed by atoms with van der Waals surface area (Å²) in [5.74, 6) is 0.226. The van der Waals surface area contributed by atoms with Gasteiger partial charge in [0.15, 0.2) is 0 Å². The zero-order valence-electron chi connectivity index (χ0n) is 16.0. The Morgan fingerprint density at radius 1 is 1.07 bits per heavy atom. The molecule has 5 heteroatoms. The van der Waals surface area contributed by atoms with Gasteiger partial charge in [-0.15, -0.1) is 6.58 Å². The van der Waals surface area contributed by atoms with Crippen molar-refractivity contribution < 1.29 is 19.1 Å². The predicted molar refractivity (Wildman–Crippen MR) is 110 cm³/mol. The van der Waals surface area contributed by atoms with Crippen molar-refractivity contribution in [2.75, 3.05) is 20.2 Å². The number of rotatable bonds is 10. The van der Waals surface area contributed by atoms with Crippen LogP contribution in [-0.4, -0.2) is 37.0 Å². The summed E-state index contributed by atoms with van der Waals surface area (Å²) < 4.78 is 10.4. The molecule has 2 aromatic carbocycles. The molecule has 0 radical (unpaired) electrons. The molecular weight excluding hydrogens is 354 g/mol. The Kier molecular flexibility index (Phi) is 8.53. The lowest BCUT2D eigenvalue weighted by Crippen LogP contribution is -2.32. The summed E-state index contributed by atoms with van der Waals surface area (Å²) in [5.41, 5.74) is 1.98. The third kappa shape index (κ3) is 7.11. The number of benzene rings is 2. The molecule has 0 aliphatic carbocycles. The highest BCUT2D eigenvalue weighted by atomic mass is 16.5. The summed E-state index contributed by atoms with van der Waals surface area (Å²) in [6, 6.07) is 17.5. The second-order valence-corrected chi connectivity index (χ2v) is 6.08. The molecule has 2 aromatic rings. The molecule has 0 aliphatic heterocycles. The normalized spacial score (nSPS) is 10.5. The number of ether oxygens (including phenoxy) is 2. The van der Waals surface area contributed by atoms with E-state index in [9.17, 15) is 9.59 Å². The number of carbonyl (C=O) groups excluding carboxylic acids is 2. The first-order chi connectivity index (χ1) is 13.6. The molecule has 0 atom stereocenters. The topological polar surface area (TPSA) is 55.8 Å². The fraction of sp³-hybridized carbons (Fsp3) is 0.217. The first-order valence-corrected chi connectivity index (χ1v) is 9.04. The van der Waals surface area contributed by atoms with Gasteiger partial charge in [0.1, 0.15) is 12.4 Å². The van der Waals surface area contributed by atoms with E-state index in [0.29, 0.717) is 13.2 Å². The van der Waals surface area contributed by atoms with E-state index < -0.39 is 0 Å². The molecule has 0 spiro atoms. The summed E-state index contributed by atoms with van der Waals surface area (Å²) in [4.78, 5) is 25.2. The van der Waals surface area contributed by atoms with Crippen LogP contribution in [-0.2, 0) is 20.9 Å². The highest BCUT2D eigenvalue weighted by Gasteiger charge is 2.11. The Morgan fingerprint density at radius 2 is 1.79 bits per heavy atom. The Labute approximate surface area is 165 Å². The van der Waals surface area contributed by atoms with Crippen LogP contribution in [0.2, 0.25) is 0 Å². The number of hydrogen-bond acceptors (Lipinski definition) is 4. The SMILES string of the molecule is C=CCN(CCC(=O)OC)C(=O)/C=C/c1ccc(OCc2ccccc2)cc1. The quantitative estimate of drug-likeness (QED) is 0.357. The zero-order valence-corrected chi connectivity index (χ0v) is 16.0. The maximum Gasteiger partial charge on any atom is 0.307 e. The van der Waals surface area contributed by atoms with Gasteiger partial charge in [-0.2, -0.15) is 0 Å². The minimum atomic E-state index is -0.350. The van der Waals surface area contributed by atoms with Crippen molar-refractivity contribution in [2.24, 2.45) is 0 Å². The van der Waals surface area contributed by atoms with Crippen molar-refractivity contribution in [2.45, 2.75) is 13.0 Å². The molecule has 0 saturated carbocycles. The molecule has 0 heterocycles. The third-order valence-electron chi connectivity index (χ3n) is 4.02. The standard InChI is InChI=1S/C23H25NO4/c1-3-16-24(17-15-23(26)27-2)22(25)14-11-19-9-12-21(13-10-19)28-18-20-7-5-4-6-8-20/h3-14H,1,15-18H2,2H3/b14-11+. The van der Waals surface area contributed by atoms with Crippen molar-refractivity contribution in [3.8, 4) is 5.75 Å². The first-order valence-electron chi connectivity index (χ1n) is 9.04. The van der Waals surface area contributed by atoms with Gasteiger partial charge in [0, 0.05) is 19.2 Å². The van der Waals surface area contributed by atoms with E-state index in [-0.39, 0.29) is 24.8 Å². The average Bonchev–Trinajstić information content (AvgIpc) is 2.74. The predicted octanol–water partition coefficient (Wildman–Crippen LogP) is 3.86. The molecule has 0 aromatic heterocycles. The summed E-state index contributed by atoms with van der Waals surface area (Å²) in [6.07, 6.45) is 5.00. The van der Waals surface area contributed by atoms with Crippen LogP contribution in [0.25, 0.3) is 6.08 Å². The molecule has 0 aliphatic rings. The molecule has 0 saturated heterocycles. The molecule has 146 valence electrons. The van der Waals surface area contributed by atoms with E-state index in [2.05, 4.69) is 11.3 Å². The van der Waals surface area contributed by atoms with Gasteiger partial charge in [-0.05, 0) is 29.3 Å². The largest absolute Gasteiger partial charge is 0.489 e. The number of esters is 1. The van der Waals surface area contributed by atoms with Gasteiger partial charge in [0.05, 0.1) is 13.5 Å². The Balaban J connectivity index is 1.89. The fourth-order valence-electron chi connectivity index (χ4n) is 2.46. The summed E-state index contributed by atoms with van der Waals surface area (Å²) in [7, 11) is 1.33. The van der Waals surface area contributed by atoms with Crippen molar-refractivity contribution in [1.82, 2.24) is 4.90 Å². The summed E-state index contributed by atoms with van der Waals surface area (Å²) >= 11 is 0. The lowest BCUT2D eigenvalue weighted by Gasteiger charge is -2.18. The molecule has 0 unspecified atom stereocenters. The Morgan fingerprint density at radius 3 is 2.43 bits per heavy atom. The Hall–Kier alpha value is -3.34. The van der Waals surface area contributed by atoms with Gasteiger partial charge in [-0.25, -0.2) is 0 Å². The highest BCUT2D eigenvalue weighted by Crippen LogP contribution is 2.15. The number of hydrogen-bond donors (Lipinski definition) is 0. The van der Waals surface area contributed by atoms with Crippen molar-refractivity contribution in [1.29, 1.82) is 0 Å². The first kappa shape index (κ1) is 21.0. The van der Waals surface area contributed by atoms with Crippen molar-refractivity contribution in [3.63, 3.8) is 0 Å². The smallest absolute Gasteiger partial charge is 0.307 e. The molecule has 5 nitrogen and oxygen atoms in total. The van der Waals surface area contributed by atoms with E-state index in [1.807, 2.05) is 54.6 Å². The molecule has 0 N–H and O–H groups in total. The van der Waals surface area contributed by atoms with Gasteiger partial charge >= 0.3 is 5.97 Å². The van der Waals surface area contributed by atoms with E-state index >= 15 is 0 Å². The van der Waals surface area contributed by atoms with Crippen LogP contribution < -0.4 is 4.74 Å². The van der Waals surface area contributed by atoms with Crippen LogP contribution in [0.3, 0.4) is 0 Å². The zero-order chi connectivity index (χ0) is 20.2. The minimum absolute atomic E-state index is 0.150. The van der Waals surface area contributed by atoms with Gasteiger partial charge in [-0.1, -0.05) is 48.5 Å². The number of amides is 1. The van der Waals surface area contributed by atoms with Crippen LogP contribution in [0.15, 0.2) is 73.3 Å². The Bertz CT molecular complexity index is 797. The second-order valence-electron chi connectivity index (χ2n) is 6.08. The van der Waals surface area contributed by atoms with E-state index in [1.54, 1.807) is 12.2 Å². The number of nitrogens with zero attached hydrogens (tertiary/aromatic N) is 1. The lowest BCUT2D eigenvalue weighted by atomic mass is 10.2. The maximum atomic E-state index is 12.3. The molecular formula is C23H25NO4. The van der Waals surface area contributed by atoms with E-state index in [0.717, 1.165) is 16.9 Å². The van der Waals surface area contributed by atoms with E-state index in [4.69, 9.17) is 4.74 Å². The van der Waals surface area contributed by atoms with Crippen LogP contribution in [0.1, 0.15) is 17.5 Å². The maximum absolute atomic E-state index is 12.3. The highest BCUT2D eigenvalue weighted by molar-refractivity contribution is 5.92. The lowest BCUT2D eigenvalue weighted by molar-refractivity contribution is -0.141. The van der Waals surface area contributed by atoms with Gasteiger partial charge in [0.25, 0.3) is 0 Å². The average molecular weight is 379 g/mol. The monoisotopic (exact) mass is 379 g/mol. The number of methoxy groups -OCH3 is 1. The molecule has 2 rings (SSSR count). The van der Waals surface area contributed by atoms with Crippen LogP contribution in [0, 0.1) is 0 Å².